The predicted molar refractivity (Wildman–Crippen MR) is 79.3 cm³/mol. The summed E-state index contributed by atoms with van der Waals surface area (Å²) < 4.78 is 0. The van der Waals surface area contributed by atoms with Crippen molar-refractivity contribution in [3.63, 3.8) is 0 Å². The Labute approximate surface area is 127 Å². The zero-order chi connectivity index (χ0) is 14.8. The van der Waals surface area contributed by atoms with Gasteiger partial charge in [0, 0.05) is 4.88 Å². The van der Waals surface area contributed by atoms with E-state index in [-0.39, 0.29) is 30.3 Å². The van der Waals surface area contributed by atoms with Crippen molar-refractivity contribution >= 4 is 23.2 Å². The first-order valence-corrected chi connectivity index (χ1v) is 8.06. The number of aliphatic hydroxyl groups excluding tert-OH is 1. The first kappa shape index (κ1) is 14.3. The Morgan fingerprint density at radius 3 is 2.48 bits per heavy atom. The van der Waals surface area contributed by atoms with E-state index in [4.69, 9.17) is 5.11 Å². The molecular weight excluding hydrogens is 286 g/mol. The first-order valence-electron chi connectivity index (χ1n) is 7.24. The number of rotatable bonds is 2. The van der Waals surface area contributed by atoms with E-state index in [2.05, 4.69) is 11.8 Å². The summed E-state index contributed by atoms with van der Waals surface area (Å²) in [5.74, 6) is 5.28. The van der Waals surface area contributed by atoms with Gasteiger partial charge in [-0.1, -0.05) is 24.7 Å². The minimum Gasteiger partial charge on any atom is -0.384 e. The molecule has 2 unspecified atom stereocenters. The molecule has 1 aliphatic carbocycles. The molecular formula is C16H17NO3S. The molecule has 0 aromatic carbocycles. The molecule has 0 radical (unpaired) electrons. The molecule has 21 heavy (non-hydrogen) atoms. The number of imide groups is 1. The summed E-state index contributed by atoms with van der Waals surface area (Å²) in [6.45, 7) is 0.190. The van der Waals surface area contributed by atoms with E-state index in [1.165, 1.54) is 16.2 Å². The Kier molecular flexibility index (Phi) is 4.09. The smallest absolute Gasteiger partial charge is 0.233 e. The molecule has 2 aliphatic rings. The molecule has 2 atom stereocenters. The molecule has 4 nitrogen and oxygen atoms in total. The van der Waals surface area contributed by atoms with E-state index >= 15 is 0 Å². The van der Waals surface area contributed by atoms with Crippen molar-refractivity contribution in [3.8, 4) is 11.8 Å². The number of hydrogen-bond donors (Lipinski definition) is 1. The third-order valence-electron chi connectivity index (χ3n) is 4.20. The van der Waals surface area contributed by atoms with Crippen molar-refractivity contribution in [3.05, 3.63) is 21.9 Å². The first-order chi connectivity index (χ1) is 10.2. The largest absolute Gasteiger partial charge is 0.384 e. The fourth-order valence-electron chi connectivity index (χ4n) is 3.20. The van der Waals surface area contributed by atoms with Gasteiger partial charge >= 0.3 is 0 Å². The highest BCUT2D eigenvalue weighted by Gasteiger charge is 2.47. The van der Waals surface area contributed by atoms with Crippen LogP contribution in [-0.4, -0.2) is 28.4 Å². The van der Waals surface area contributed by atoms with E-state index < -0.39 is 0 Å². The van der Waals surface area contributed by atoms with Crippen LogP contribution in [0.2, 0.25) is 0 Å². The van der Waals surface area contributed by atoms with Crippen molar-refractivity contribution in [2.45, 2.75) is 32.2 Å². The molecule has 2 fully saturated rings. The third kappa shape index (κ3) is 2.74. The standard InChI is InChI=1S/C16H17NO3S/c18-9-3-4-11-7-8-12(21-11)10-17-15(19)13-5-1-2-6-14(13)16(17)20/h7-8,13-14,18H,1-2,5-6,9-10H2. The van der Waals surface area contributed by atoms with Crippen LogP contribution in [0.3, 0.4) is 0 Å². The van der Waals surface area contributed by atoms with Crippen LogP contribution in [-0.2, 0) is 16.1 Å². The summed E-state index contributed by atoms with van der Waals surface area (Å²) in [6.07, 6.45) is 3.80. The number of amides is 2. The number of thiophene rings is 1. The number of hydrogen-bond acceptors (Lipinski definition) is 4. The molecule has 1 aliphatic heterocycles. The molecule has 3 rings (SSSR count). The number of aliphatic hydroxyl groups is 1. The molecule has 5 heteroatoms. The van der Waals surface area contributed by atoms with E-state index in [9.17, 15) is 9.59 Å². The van der Waals surface area contributed by atoms with Crippen LogP contribution >= 0.6 is 11.3 Å². The summed E-state index contributed by atoms with van der Waals surface area (Å²) in [4.78, 5) is 28.0. The van der Waals surface area contributed by atoms with Crippen molar-refractivity contribution in [2.75, 3.05) is 6.61 Å². The molecule has 0 spiro atoms. The number of carbonyl (C=O) groups excluding carboxylic acids is 2. The summed E-state index contributed by atoms with van der Waals surface area (Å²) in [7, 11) is 0. The van der Waals surface area contributed by atoms with Gasteiger partial charge in [-0.05, 0) is 25.0 Å². The van der Waals surface area contributed by atoms with Gasteiger partial charge in [0.25, 0.3) is 0 Å². The van der Waals surface area contributed by atoms with Crippen molar-refractivity contribution in [1.29, 1.82) is 0 Å². The van der Waals surface area contributed by atoms with Gasteiger partial charge < -0.3 is 5.11 Å². The Balaban J connectivity index is 1.74. The lowest BCUT2D eigenvalue weighted by Gasteiger charge is -2.19. The average molecular weight is 303 g/mol. The maximum atomic E-state index is 12.4. The zero-order valence-electron chi connectivity index (χ0n) is 11.7. The van der Waals surface area contributed by atoms with Gasteiger partial charge in [-0.15, -0.1) is 11.3 Å². The van der Waals surface area contributed by atoms with E-state index in [1.807, 2.05) is 12.1 Å². The lowest BCUT2D eigenvalue weighted by atomic mass is 9.81. The van der Waals surface area contributed by atoms with Crippen molar-refractivity contribution < 1.29 is 14.7 Å². The lowest BCUT2D eigenvalue weighted by Crippen LogP contribution is -2.30. The van der Waals surface area contributed by atoms with Crippen molar-refractivity contribution in [2.24, 2.45) is 11.8 Å². The topological polar surface area (TPSA) is 57.6 Å². The monoisotopic (exact) mass is 303 g/mol. The second-order valence-electron chi connectivity index (χ2n) is 5.49. The van der Waals surface area contributed by atoms with Crippen LogP contribution in [0.5, 0.6) is 0 Å². The molecule has 1 aromatic rings. The number of nitrogens with zero attached hydrogens (tertiary/aromatic N) is 1. The van der Waals surface area contributed by atoms with Crippen LogP contribution in [0, 0.1) is 23.7 Å². The maximum absolute atomic E-state index is 12.4. The SMILES string of the molecule is O=C1C2CCCCC2C(=O)N1Cc1ccc(C#CCO)s1. The van der Waals surface area contributed by atoms with Gasteiger partial charge in [0.2, 0.25) is 11.8 Å². The highest BCUT2D eigenvalue weighted by atomic mass is 32.1. The molecule has 2 amide bonds. The Bertz CT molecular complexity index is 601. The van der Waals surface area contributed by atoms with Gasteiger partial charge in [-0.25, -0.2) is 0 Å². The minimum absolute atomic E-state index is 0.00101. The fourth-order valence-corrected chi connectivity index (χ4v) is 4.07. The van der Waals surface area contributed by atoms with Gasteiger partial charge in [0.15, 0.2) is 0 Å². The highest BCUT2D eigenvalue weighted by Crippen LogP contribution is 2.38. The highest BCUT2D eigenvalue weighted by molar-refractivity contribution is 7.12. The Hall–Kier alpha value is -1.64. The summed E-state index contributed by atoms with van der Waals surface area (Å²) in [5, 5.41) is 8.69. The van der Waals surface area contributed by atoms with Crippen LogP contribution in [0.4, 0.5) is 0 Å². The molecule has 1 aromatic heterocycles. The normalized spacial score (nSPS) is 24.7. The fraction of sp³-hybridized carbons (Fsp3) is 0.500. The van der Waals surface area contributed by atoms with Gasteiger partial charge in [0.05, 0.1) is 23.3 Å². The molecule has 1 N–H and O–H groups in total. The van der Waals surface area contributed by atoms with Gasteiger partial charge in [-0.3, -0.25) is 14.5 Å². The molecule has 2 heterocycles. The second-order valence-corrected chi connectivity index (χ2v) is 6.65. The molecule has 110 valence electrons. The number of likely N-dealkylation sites (tertiary alicyclic amines) is 1. The van der Waals surface area contributed by atoms with Gasteiger partial charge in [-0.2, -0.15) is 0 Å². The molecule has 1 saturated carbocycles. The summed E-state index contributed by atoms with van der Waals surface area (Å²) in [6, 6.07) is 3.76. The van der Waals surface area contributed by atoms with Gasteiger partial charge in [0.1, 0.15) is 6.61 Å². The van der Waals surface area contributed by atoms with Crippen LogP contribution in [0.15, 0.2) is 12.1 Å². The van der Waals surface area contributed by atoms with E-state index in [0.717, 1.165) is 35.4 Å². The Morgan fingerprint density at radius 2 is 1.86 bits per heavy atom. The van der Waals surface area contributed by atoms with Crippen LogP contribution in [0.25, 0.3) is 0 Å². The average Bonchev–Trinajstić information content (AvgIpc) is 3.05. The second kappa shape index (κ2) is 6.00. The van der Waals surface area contributed by atoms with Crippen molar-refractivity contribution in [1.82, 2.24) is 4.90 Å². The molecule has 0 bridgehead atoms. The lowest BCUT2D eigenvalue weighted by molar-refractivity contribution is -0.140. The number of fused-ring (bicyclic) bond motifs is 1. The number of carbonyl (C=O) groups is 2. The predicted octanol–water partition coefficient (Wildman–Crippen LogP) is 1.77. The minimum atomic E-state index is -0.167. The van der Waals surface area contributed by atoms with E-state index in [1.54, 1.807) is 0 Å². The molecule has 1 saturated heterocycles. The van der Waals surface area contributed by atoms with Crippen LogP contribution in [0.1, 0.15) is 35.4 Å². The quantitative estimate of drug-likeness (QED) is 0.669. The maximum Gasteiger partial charge on any atom is 0.233 e. The third-order valence-corrected chi connectivity index (χ3v) is 5.18. The van der Waals surface area contributed by atoms with E-state index in [0.29, 0.717) is 6.54 Å². The van der Waals surface area contributed by atoms with Crippen LogP contribution < -0.4 is 0 Å². The summed E-state index contributed by atoms with van der Waals surface area (Å²) in [5.41, 5.74) is 0. The summed E-state index contributed by atoms with van der Waals surface area (Å²) >= 11 is 1.47. The zero-order valence-corrected chi connectivity index (χ0v) is 12.5. The Morgan fingerprint density at radius 1 is 1.19 bits per heavy atom.